The summed E-state index contributed by atoms with van der Waals surface area (Å²) in [6, 6.07) is 12.8. The van der Waals surface area contributed by atoms with E-state index >= 15 is 0 Å². The van der Waals surface area contributed by atoms with E-state index in [0.29, 0.717) is 36.8 Å². The number of para-hydroxylation sites is 1. The molecule has 0 saturated carbocycles. The quantitative estimate of drug-likeness (QED) is 0.693. The zero-order valence-corrected chi connectivity index (χ0v) is 18.4. The summed E-state index contributed by atoms with van der Waals surface area (Å²) in [6.07, 6.45) is 1.83. The molecular formula is C22H28N2O5S. The van der Waals surface area contributed by atoms with Crippen LogP contribution in [0.25, 0.3) is 0 Å². The Morgan fingerprint density at radius 3 is 2.53 bits per heavy atom. The lowest BCUT2D eigenvalue weighted by molar-refractivity contribution is -0.121. The van der Waals surface area contributed by atoms with E-state index in [9.17, 15) is 13.2 Å². The molecule has 1 unspecified atom stereocenters. The second kappa shape index (κ2) is 9.38. The van der Waals surface area contributed by atoms with E-state index < -0.39 is 10.0 Å². The van der Waals surface area contributed by atoms with Crippen molar-refractivity contribution in [2.24, 2.45) is 0 Å². The van der Waals surface area contributed by atoms with Gasteiger partial charge < -0.3 is 14.8 Å². The van der Waals surface area contributed by atoms with Crippen LogP contribution in [0.5, 0.6) is 11.5 Å². The first-order valence-electron chi connectivity index (χ1n) is 9.98. The normalized spacial score (nSPS) is 14.1. The maximum Gasteiger partial charge on any atom is 0.232 e. The molecule has 0 saturated heterocycles. The van der Waals surface area contributed by atoms with Crippen LogP contribution in [0.3, 0.4) is 0 Å². The number of anilines is 1. The van der Waals surface area contributed by atoms with Crippen molar-refractivity contribution in [2.75, 3.05) is 30.3 Å². The first-order valence-corrected chi connectivity index (χ1v) is 11.8. The fourth-order valence-electron chi connectivity index (χ4n) is 3.42. The molecule has 1 aliphatic rings. The number of sulfonamides is 1. The molecule has 1 atom stereocenters. The summed E-state index contributed by atoms with van der Waals surface area (Å²) in [5, 5.41) is 2.96. The number of hydrogen-bond acceptors (Lipinski definition) is 5. The molecule has 2 aromatic carbocycles. The molecule has 1 N–H and O–H groups in total. The Kier molecular flexibility index (Phi) is 6.87. The van der Waals surface area contributed by atoms with E-state index in [1.54, 1.807) is 6.07 Å². The molecule has 162 valence electrons. The number of carbonyl (C=O) groups is 1. The number of ether oxygens (including phenoxy) is 2. The minimum Gasteiger partial charge on any atom is -0.486 e. The van der Waals surface area contributed by atoms with E-state index in [1.807, 2.05) is 50.2 Å². The van der Waals surface area contributed by atoms with Crippen molar-refractivity contribution in [2.45, 2.75) is 32.7 Å². The number of benzene rings is 2. The summed E-state index contributed by atoms with van der Waals surface area (Å²) in [6.45, 7) is 5.06. The van der Waals surface area contributed by atoms with E-state index in [4.69, 9.17) is 9.47 Å². The summed E-state index contributed by atoms with van der Waals surface area (Å²) in [5.41, 5.74) is 2.44. The Balaban J connectivity index is 1.56. The van der Waals surface area contributed by atoms with Gasteiger partial charge in [-0.25, -0.2) is 8.42 Å². The summed E-state index contributed by atoms with van der Waals surface area (Å²) >= 11 is 0. The molecule has 0 spiro atoms. The largest absolute Gasteiger partial charge is 0.486 e. The summed E-state index contributed by atoms with van der Waals surface area (Å²) < 4.78 is 37.0. The van der Waals surface area contributed by atoms with E-state index in [2.05, 4.69) is 5.32 Å². The van der Waals surface area contributed by atoms with Gasteiger partial charge in [0.1, 0.15) is 13.2 Å². The van der Waals surface area contributed by atoms with Crippen molar-refractivity contribution in [1.82, 2.24) is 5.32 Å². The SMILES string of the molecule is Cc1ccccc1N(CCCC(=O)NC(C)c1ccc2c(c1)OCCO2)S(C)(=O)=O. The zero-order chi connectivity index (χ0) is 21.7. The van der Waals surface area contributed by atoms with Crippen LogP contribution in [0, 0.1) is 6.92 Å². The second-order valence-corrected chi connectivity index (χ2v) is 9.32. The van der Waals surface area contributed by atoms with Crippen LogP contribution < -0.4 is 19.1 Å². The zero-order valence-electron chi connectivity index (χ0n) is 17.6. The molecule has 1 aliphatic heterocycles. The number of aryl methyl sites for hydroxylation is 1. The molecule has 8 heteroatoms. The van der Waals surface area contributed by atoms with Gasteiger partial charge in [-0.3, -0.25) is 9.10 Å². The third kappa shape index (κ3) is 5.44. The second-order valence-electron chi connectivity index (χ2n) is 7.42. The molecule has 0 aliphatic carbocycles. The fraction of sp³-hybridized carbons (Fsp3) is 0.409. The predicted octanol–water partition coefficient (Wildman–Crippen LogP) is 3.19. The van der Waals surface area contributed by atoms with E-state index in [1.165, 1.54) is 10.6 Å². The highest BCUT2D eigenvalue weighted by atomic mass is 32.2. The van der Waals surface area contributed by atoms with Crippen molar-refractivity contribution in [3.05, 3.63) is 53.6 Å². The number of nitrogens with zero attached hydrogens (tertiary/aromatic N) is 1. The summed E-state index contributed by atoms with van der Waals surface area (Å²) in [7, 11) is -3.44. The highest BCUT2D eigenvalue weighted by molar-refractivity contribution is 7.92. The van der Waals surface area contributed by atoms with Crippen molar-refractivity contribution in [1.29, 1.82) is 0 Å². The Labute approximate surface area is 178 Å². The average molecular weight is 433 g/mol. The number of hydrogen-bond donors (Lipinski definition) is 1. The molecule has 3 rings (SSSR count). The topological polar surface area (TPSA) is 84.9 Å². The number of fused-ring (bicyclic) bond motifs is 1. The van der Waals surface area contributed by atoms with Crippen LogP contribution in [-0.2, 0) is 14.8 Å². The van der Waals surface area contributed by atoms with Crippen LogP contribution in [-0.4, -0.2) is 40.3 Å². The highest BCUT2D eigenvalue weighted by Gasteiger charge is 2.20. The van der Waals surface area contributed by atoms with Gasteiger partial charge in [-0.05, 0) is 49.6 Å². The average Bonchev–Trinajstić information content (AvgIpc) is 2.70. The van der Waals surface area contributed by atoms with Crippen molar-refractivity contribution in [3.8, 4) is 11.5 Å². The van der Waals surface area contributed by atoms with Gasteiger partial charge in [-0.15, -0.1) is 0 Å². The monoisotopic (exact) mass is 432 g/mol. The number of amides is 1. The van der Waals surface area contributed by atoms with Crippen LogP contribution in [0.15, 0.2) is 42.5 Å². The Hall–Kier alpha value is -2.74. The Morgan fingerprint density at radius 1 is 1.13 bits per heavy atom. The van der Waals surface area contributed by atoms with Crippen LogP contribution in [0.2, 0.25) is 0 Å². The van der Waals surface area contributed by atoms with Gasteiger partial charge in [-0.2, -0.15) is 0 Å². The van der Waals surface area contributed by atoms with E-state index in [-0.39, 0.29) is 24.9 Å². The maximum absolute atomic E-state index is 12.4. The smallest absolute Gasteiger partial charge is 0.232 e. The maximum atomic E-state index is 12.4. The number of carbonyl (C=O) groups excluding carboxylic acids is 1. The van der Waals surface area contributed by atoms with Gasteiger partial charge in [0.05, 0.1) is 18.0 Å². The third-order valence-electron chi connectivity index (χ3n) is 4.99. The number of nitrogens with one attached hydrogen (secondary N) is 1. The minimum absolute atomic E-state index is 0.129. The standard InChI is InChI=1S/C22H28N2O5S/c1-16-7-4-5-8-19(16)24(30(3,26)27)12-6-9-22(25)23-17(2)18-10-11-20-21(15-18)29-14-13-28-20/h4-5,7-8,10-11,15,17H,6,9,12-14H2,1-3H3,(H,23,25). The summed E-state index contributed by atoms with van der Waals surface area (Å²) in [5.74, 6) is 1.26. The van der Waals surface area contributed by atoms with Gasteiger partial charge in [-0.1, -0.05) is 24.3 Å². The van der Waals surface area contributed by atoms with Gasteiger partial charge in [0.25, 0.3) is 0 Å². The first-order chi connectivity index (χ1) is 14.3. The molecule has 7 nitrogen and oxygen atoms in total. The lowest BCUT2D eigenvalue weighted by Gasteiger charge is -2.24. The van der Waals surface area contributed by atoms with Gasteiger partial charge in [0.2, 0.25) is 15.9 Å². The van der Waals surface area contributed by atoms with Gasteiger partial charge in [0, 0.05) is 13.0 Å². The first kappa shape index (κ1) is 22.0. The van der Waals surface area contributed by atoms with Crippen LogP contribution in [0.1, 0.15) is 36.9 Å². The van der Waals surface area contributed by atoms with Crippen LogP contribution >= 0.6 is 0 Å². The fourth-order valence-corrected chi connectivity index (χ4v) is 4.44. The van der Waals surface area contributed by atoms with Crippen molar-refractivity contribution < 1.29 is 22.7 Å². The lowest BCUT2D eigenvalue weighted by Crippen LogP contribution is -2.33. The third-order valence-corrected chi connectivity index (χ3v) is 6.17. The molecule has 2 aromatic rings. The lowest BCUT2D eigenvalue weighted by atomic mass is 10.1. The van der Waals surface area contributed by atoms with E-state index in [0.717, 1.165) is 11.1 Å². The molecule has 0 bridgehead atoms. The Morgan fingerprint density at radius 2 is 1.83 bits per heavy atom. The van der Waals surface area contributed by atoms with Crippen molar-refractivity contribution >= 4 is 21.6 Å². The molecule has 0 fully saturated rings. The minimum atomic E-state index is -3.44. The molecule has 0 radical (unpaired) electrons. The molecular weight excluding hydrogens is 404 g/mol. The Bertz CT molecular complexity index is 1010. The molecule has 1 amide bonds. The molecule has 30 heavy (non-hydrogen) atoms. The molecule has 0 aromatic heterocycles. The van der Waals surface area contributed by atoms with Crippen LogP contribution in [0.4, 0.5) is 5.69 Å². The van der Waals surface area contributed by atoms with Crippen molar-refractivity contribution in [3.63, 3.8) is 0 Å². The molecule has 1 heterocycles. The summed E-state index contributed by atoms with van der Waals surface area (Å²) in [4.78, 5) is 12.4. The van der Waals surface area contributed by atoms with Gasteiger partial charge in [0.15, 0.2) is 11.5 Å². The number of rotatable bonds is 8. The predicted molar refractivity (Wildman–Crippen MR) is 117 cm³/mol. The van der Waals surface area contributed by atoms with Gasteiger partial charge >= 0.3 is 0 Å². The highest BCUT2D eigenvalue weighted by Crippen LogP contribution is 2.32.